The summed E-state index contributed by atoms with van der Waals surface area (Å²) in [7, 11) is 0. The third kappa shape index (κ3) is 4.24. The molecule has 0 atom stereocenters. The molecule has 1 aliphatic carbocycles. The zero-order valence-corrected chi connectivity index (χ0v) is 13.1. The number of carbonyl (C=O) groups excluding carboxylic acids is 1. The van der Waals surface area contributed by atoms with E-state index in [-0.39, 0.29) is 18.5 Å². The molecule has 1 saturated carbocycles. The lowest BCUT2D eigenvalue weighted by molar-refractivity contribution is -0.138. The van der Waals surface area contributed by atoms with Gasteiger partial charge < -0.3 is 10.0 Å². The Morgan fingerprint density at radius 1 is 1.33 bits per heavy atom. The van der Waals surface area contributed by atoms with Crippen LogP contribution in [0.3, 0.4) is 0 Å². The zero-order valence-electron chi connectivity index (χ0n) is 12.2. The molecule has 1 aliphatic rings. The Hall–Kier alpha value is -1.49. The molecule has 0 aromatic heterocycles. The second-order valence-corrected chi connectivity index (χ2v) is 6.26. The largest absolute Gasteiger partial charge is 0.480 e. The van der Waals surface area contributed by atoms with E-state index in [9.17, 15) is 9.59 Å². The SMILES string of the molecule is CSCc1cccc(C(=O)N(CC(=O)O)C2CCCC2)c1. The van der Waals surface area contributed by atoms with Gasteiger partial charge >= 0.3 is 5.97 Å². The lowest BCUT2D eigenvalue weighted by Crippen LogP contribution is -2.42. The summed E-state index contributed by atoms with van der Waals surface area (Å²) in [5.74, 6) is -0.258. The molecule has 1 aromatic carbocycles. The predicted molar refractivity (Wildman–Crippen MR) is 84.6 cm³/mol. The number of carboxylic acids is 1. The van der Waals surface area contributed by atoms with Gasteiger partial charge in [-0.3, -0.25) is 9.59 Å². The first-order valence-electron chi connectivity index (χ1n) is 7.22. The number of benzene rings is 1. The Labute approximate surface area is 129 Å². The number of nitrogens with zero attached hydrogens (tertiary/aromatic N) is 1. The van der Waals surface area contributed by atoms with Crippen molar-refractivity contribution in [3.63, 3.8) is 0 Å². The van der Waals surface area contributed by atoms with Crippen LogP contribution in [0.4, 0.5) is 0 Å². The van der Waals surface area contributed by atoms with Crippen LogP contribution < -0.4 is 0 Å². The van der Waals surface area contributed by atoms with Crippen LogP contribution in [-0.4, -0.2) is 40.7 Å². The molecule has 4 nitrogen and oxygen atoms in total. The van der Waals surface area contributed by atoms with Crippen molar-refractivity contribution in [3.8, 4) is 0 Å². The smallest absolute Gasteiger partial charge is 0.323 e. The molecule has 5 heteroatoms. The second kappa shape index (κ2) is 7.50. The first kappa shape index (κ1) is 15.9. The quantitative estimate of drug-likeness (QED) is 0.877. The van der Waals surface area contributed by atoms with Gasteiger partial charge in [-0.25, -0.2) is 0 Å². The minimum atomic E-state index is -0.949. The van der Waals surface area contributed by atoms with Crippen LogP contribution in [0.25, 0.3) is 0 Å². The highest BCUT2D eigenvalue weighted by atomic mass is 32.2. The van der Waals surface area contributed by atoms with Gasteiger partial charge in [-0.2, -0.15) is 11.8 Å². The highest BCUT2D eigenvalue weighted by molar-refractivity contribution is 7.97. The van der Waals surface area contributed by atoms with E-state index in [1.54, 1.807) is 17.8 Å². The molecule has 1 fully saturated rings. The molecule has 0 aliphatic heterocycles. The van der Waals surface area contributed by atoms with E-state index in [2.05, 4.69) is 0 Å². The fourth-order valence-electron chi connectivity index (χ4n) is 2.86. The van der Waals surface area contributed by atoms with Crippen molar-refractivity contribution in [2.75, 3.05) is 12.8 Å². The normalized spacial score (nSPS) is 15.1. The number of thioether (sulfide) groups is 1. The topological polar surface area (TPSA) is 57.6 Å². The van der Waals surface area contributed by atoms with Crippen molar-refractivity contribution >= 4 is 23.6 Å². The monoisotopic (exact) mass is 307 g/mol. The maximum absolute atomic E-state index is 12.7. The fraction of sp³-hybridized carbons (Fsp3) is 0.500. The van der Waals surface area contributed by atoms with Crippen molar-refractivity contribution in [1.29, 1.82) is 0 Å². The highest BCUT2D eigenvalue weighted by Crippen LogP contribution is 2.25. The van der Waals surface area contributed by atoms with Gasteiger partial charge in [0.15, 0.2) is 0 Å². The molecule has 0 unspecified atom stereocenters. The molecule has 21 heavy (non-hydrogen) atoms. The van der Waals surface area contributed by atoms with Crippen LogP contribution in [0, 0.1) is 0 Å². The standard InChI is InChI=1S/C16H21NO3S/c1-21-11-12-5-4-6-13(9-12)16(20)17(10-15(18)19)14-7-2-3-8-14/h4-6,9,14H,2-3,7-8,10-11H2,1H3,(H,18,19). The Balaban J connectivity index is 2.20. The van der Waals surface area contributed by atoms with Gasteiger partial charge in [0.2, 0.25) is 0 Å². The van der Waals surface area contributed by atoms with E-state index in [4.69, 9.17) is 5.11 Å². The van der Waals surface area contributed by atoms with E-state index in [0.717, 1.165) is 37.0 Å². The summed E-state index contributed by atoms with van der Waals surface area (Å²) in [6.45, 7) is -0.212. The van der Waals surface area contributed by atoms with Gasteiger partial charge in [0.25, 0.3) is 5.91 Å². The summed E-state index contributed by atoms with van der Waals surface area (Å²) in [4.78, 5) is 25.3. The average molecular weight is 307 g/mol. The molecular weight excluding hydrogens is 286 g/mol. The number of hydrogen-bond donors (Lipinski definition) is 1. The Morgan fingerprint density at radius 3 is 2.67 bits per heavy atom. The van der Waals surface area contributed by atoms with Crippen molar-refractivity contribution in [3.05, 3.63) is 35.4 Å². The third-order valence-electron chi connectivity index (χ3n) is 3.82. The van der Waals surface area contributed by atoms with E-state index < -0.39 is 5.97 Å². The van der Waals surface area contributed by atoms with Crippen molar-refractivity contribution in [2.24, 2.45) is 0 Å². The Bertz CT molecular complexity index is 512. The van der Waals surface area contributed by atoms with Gasteiger partial charge in [0.1, 0.15) is 6.54 Å². The molecule has 1 N–H and O–H groups in total. The summed E-state index contributed by atoms with van der Waals surface area (Å²) in [6, 6.07) is 7.58. The van der Waals surface area contributed by atoms with Crippen LogP contribution in [-0.2, 0) is 10.5 Å². The van der Waals surface area contributed by atoms with Crippen molar-refractivity contribution in [1.82, 2.24) is 4.90 Å². The molecule has 0 bridgehead atoms. The molecule has 114 valence electrons. The van der Waals surface area contributed by atoms with Crippen LogP contribution >= 0.6 is 11.8 Å². The lowest BCUT2D eigenvalue weighted by atomic mass is 10.1. The zero-order chi connectivity index (χ0) is 15.2. The molecule has 0 spiro atoms. The summed E-state index contributed by atoms with van der Waals surface area (Å²) in [5.41, 5.74) is 1.68. The van der Waals surface area contributed by atoms with E-state index in [1.807, 2.05) is 24.5 Å². The minimum absolute atomic E-state index is 0.0674. The third-order valence-corrected chi connectivity index (χ3v) is 4.44. The molecular formula is C16H21NO3S. The Kier molecular flexibility index (Phi) is 5.67. The first-order chi connectivity index (χ1) is 10.1. The van der Waals surface area contributed by atoms with Crippen LogP contribution in [0.5, 0.6) is 0 Å². The van der Waals surface area contributed by atoms with Crippen molar-refractivity contribution in [2.45, 2.75) is 37.5 Å². The average Bonchev–Trinajstić information content (AvgIpc) is 2.98. The highest BCUT2D eigenvalue weighted by Gasteiger charge is 2.29. The van der Waals surface area contributed by atoms with Crippen molar-refractivity contribution < 1.29 is 14.7 Å². The maximum Gasteiger partial charge on any atom is 0.323 e. The fourth-order valence-corrected chi connectivity index (χ4v) is 3.37. The van der Waals surface area contributed by atoms with E-state index in [1.165, 1.54) is 4.90 Å². The van der Waals surface area contributed by atoms with Gasteiger partial charge in [0, 0.05) is 17.4 Å². The van der Waals surface area contributed by atoms with Crippen LogP contribution in [0.2, 0.25) is 0 Å². The van der Waals surface area contributed by atoms with Gasteiger partial charge in [0.05, 0.1) is 0 Å². The molecule has 0 heterocycles. The summed E-state index contributed by atoms with van der Waals surface area (Å²) < 4.78 is 0. The van der Waals surface area contributed by atoms with Gasteiger partial charge in [-0.15, -0.1) is 0 Å². The van der Waals surface area contributed by atoms with Crippen LogP contribution in [0.15, 0.2) is 24.3 Å². The number of carbonyl (C=O) groups is 2. The molecule has 0 radical (unpaired) electrons. The maximum atomic E-state index is 12.7. The first-order valence-corrected chi connectivity index (χ1v) is 8.62. The predicted octanol–water partition coefficient (Wildman–Crippen LogP) is 3.02. The molecule has 1 amide bonds. The summed E-state index contributed by atoms with van der Waals surface area (Å²) >= 11 is 1.70. The number of amides is 1. The molecule has 0 saturated heterocycles. The number of aliphatic carboxylic acids is 1. The number of hydrogen-bond acceptors (Lipinski definition) is 3. The minimum Gasteiger partial charge on any atom is -0.480 e. The molecule has 1 aromatic rings. The number of rotatable bonds is 6. The van der Waals surface area contributed by atoms with Crippen LogP contribution in [0.1, 0.15) is 41.6 Å². The second-order valence-electron chi connectivity index (χ2n) is 5.40. The summed E-state index contributed by atoms with van der Waals surface area (Å²) in [6.07, 6.45) is 5.97. The van der Waals surface area contributed by atoms with Gasteiger partial charge in [-0.1, -0.05) is 25.0 Å². The van der Waals surface area contributed by atoms with E-state index >= 15 is 0 Å². The lowest BCUT2D eigenvalue weighted by Gasteiger charge is -2.27. The van der Waals surface area contributed by atoms with Gasteiger partial charge in [-0.05, 0) is 36.8 Å². The summed E-state index contributed by atoms with van der Waals surface area (Å²) in [5, 5.41) is 9.08. The number of carboxylic acid groups (broad SMARTS) is 1. The molecule has 2 rings (SSSR count). The van der Waals surface area contributed by atoms with E-state index in [0.29, 0.717) is 5.56 Å². The Morgan fingerprint density at radius 2 is 2.05 bits per heavy atom.